The lowest BCUT2D eigenvalue weighted by Crippen LogP contribution is -2.43. The number of likely N-dealkylation sites (tertiary alicyclic amines) is 1. The lowest BCUT2D eigenvalue weighted by molar-refractivity contribution is -0.149. The van der Waals surface area contributed by atoms with Gasteiger partial charge in [0.2, 0.25) is 5.91 Å². The van der Waals surface area contributed by atoms with Crippen LogP contribution in [0.3, 0.4) is 0 Å². The molecular weight excluding hydrogens is 290 g/mol. The Bertz CT molecular complexity index is 740. The van der Waals surface area contributed by atoms with Crippen molar-refractivity contribution in [2.45, 2.75) is 32.2 Å². The normalized spacial score (nSPS) is 19.0. The van der Waals surface area contributed by atoms with Gasteiger partial charge in [-0.1, -0.05) is 49.4 Å². The molecule has 2 aromatic rings. The maximum atomic E-state index is 12.6. The van der Waals surface area contributed by atoms with Gasteiger partial charge in [-0.05, 0) is 35.6 Å². The van der Waals surface area contributed by atoms with Gasteiger partial charge in [0.1, 0.15) is 6.04 Å². The first-order valence-electron chi connectivity index (χ1n) is 8.07. The van der Waals surface area contributed by atoms with Crippen molar-refractivity contribution < 1.29 is 14.7 Å². The van der Waals surface area contributed by atoms with E-state index >= 15 is 0 Å². The number of nitrogens with zero attached hydrogens (tertiary/aromatic N) is 1. The summed E-state index contributed by atoms with van der Waals surface area (Å²) in [5.74, 6) is -1.16. The monoisotopic (exact) mass is 311 g/mol. The molecule has 1 N–H and O–H groups in total. The highest BCUT2D eigenvalue weighted by Gasteiger charge is 2.35. The van der Waals surface area contributed by atoms with E-state index in [1.54, 1.807) is 0 Å². The number of amides is 1. The molecule has 0 radical (unpaired) electrons. The van der Waals surface area contributed by atoms with Gasteiger partial charge in [0.05, 0.1) is 0 Å². The molecule has 120 valence electrons. The number of carbonyl (C=O) groups is 2. The summed E-state index contributed by atoms with van der Waals surface area (Å²) in [7, 11) is 0. The zero-order valence-corrected chi connectivity index (χ0v) is 13.2. The van der Waals surface area contributed by atoms with E-state index in [-0.39, 0.29) is 11.8 Å². The fourth-order valence-corrected chi connectivity index (χ4v) is 3.38. The Labute approximate surface area is 135 Å². The van der Waals surface area contributed by atoms with Crippen LogP contribution in [0.15, 0.2) is 42.5 Å². The van der Waals surface area contributed by atoms with Crippen molar-refractivity contribution in [2.24, 2.45) is 5.92 Å². The summed E-state index contributed by atoms with van der Waals surface area (Å²) in [5, 5.41) is 11.6. The average molecular weight is 311 g/mol. The molecule has 0 bridgehead atoms. The molecule has 4 nitrogen and oxygen atoms in total. The molecule has 2 atom stereocenters. The molecule has 4 heteroatoms. The first-order chi connectivity index (χ1) is 11.1. The number of hydrogen-bond acceptors (Lipinski definition) is 2. The molecule has 0 spiro atoms. The SMILES string of the molecule is C[C@H](Cc1ccc2ccccc2c1)C(=O)N1CCCC1C(=O)O. The van der Waals surface area contributed by atoms with Crippen molar-refractivity contribution in [3.05, 3.63) is 48.0 Å². The van der Waals surface area contributed by atoms with Crippen LogP contribution in [0.4, 0.5) is 0 Å². The zero-order valence-electron chi connectivity index (χ0n) is 13.2. The molecule has 1 aliphatic rings. The van der Waals surface area contributed by atoms with Crippen molar-refractivity contribution in [2.75, 3.05) is 6.54 Å². The standard InChI is InChI=1S/C19H21NO3/c1-13(18(21)20-10-4-7-17(20)19(22)23)11-14-8-9-15-5-2-3-6-16(15)12-14/h2-3,5-6,8-9,12-13,17H,4,7,10-11H2,1H3,(H,22,23)/t13-,17?/m1/s1. The minimum Gasteiger partial charge on any atom is -0.480 e. The van der Waals surface area contributed by atoms with Crippen LogP contribution in [-0.2, 0) is 16.0 Å². The van der Waals surface area contributed by atoms with Gasteiger partial charge in [-0.25, -0.2) is 4.79 Å². The van der Waals surface area contributed by atoms with Crippen molar-refractivity contribution in [3.8, 4) is 0 Å². The lowest BCUT2D eigenvalue weighted by atomic mass is 9.97. The van der Waals surface area contributed by atoms with Gasteiger partial charge in [-0.3, -0.25) is 4.79 Å². The third kappa shape index (κ3) is 3.21. The highest BCUT2D eigenvalue weighted by Crippen LogP contribution is 2.23. The highest BCUT2D eigenvalue weighted by atomic mass is 16.4. The summed E-state index contributed by atoms with van der Waals surface area (Å²) in [6.45, 7) is 2.44. The molecule has 0 aromatic heterocycles. The maximum Gasteiger partial charge on any atom is 0.326 e. The van der Waals surface area contributed by atoms with E-state index in [4.69, 9.17) is 0 Å². The van der Waals surface area contributed by atoms with Gasteiger partial charge in [-0.15, -0.1) is 0 Å². The number of benzene rings is 2. The third-order valence-corrected chi connectivity index (χ3v) is 4.60. The molecule has 1 unspecified atom stereocenters. The van der Waals surface area contributed by atoms with Crippen LogP contribution in [-0.4, -0.2) is 34.5 Å². The summed E-state index contributed by atoms with van der Waals surface area (Å²) >= 11 is 0. The second-order valence-electron chi connectivity index (χ2n) is 6.31. The molecule has 1 aliphatic heterocycles. The topological polar surface area (TPSA) is 57.6 Å². The third-order valence-electron chi connectivity index (χ3n) is 4.60. The fourth-order valence-electron chi connectivity index (χ4n) is 3.38. The molecule has 23 heavy (non-hydrogen) atoms. The Morgan fingerprint density at radius 3 is 2.70 bits per heavy atom. The number of hydrogen-bond donors (Lipinski definition) is 1. The minimum atomic E-state index is -0.895. The smallest absolute Gasteiger partial charge is 0.326 e. The Morgan fingerprint density at radius 2 is 1.96 bits per heavy atom. The largest absolute Gasteiger partial charge is 0.480 e. The van der Waals surface area contributed by atoms with E-state index in [0.717, 1.165) is 17.4 Å². The molecule has 1 heterocycles. The first-order valence-corrected chi connectivity index (χ1v) is 8.07. The van der Waals surface area contributed by atoms with Gasteiger partial charge in [-0.2, -0.15) is 0 Å². The zero-order chi connectivity index (χ0) is 16.4. The Kier molecular flexibility index (Phi) is 4.33. The van der Waals surface area contributed by atoms with E-state index in [1.807, 2.05) is 25.1 Å². The van der Waals surface area contributed by atoms with E-state index < -0.39 is 12.0 Å². The van der Waals surface area contributed by atoms with Crippen LogP contribution in [0.2, 0.25) is 0 Å². The molecule has 3 rings (SSSR count). The molecule has 1 fully saturated rings. The van der Waals surface area contributed by atoms with Crippen molar-refractivity contribution in [3.63, 3.8) is 0 Å². The van der Waals surface area contributed by atoms with Crippen LogP contribution in [0.25, 0.3) is 10.8 Å². The van der Waals surface area contributed by atoms with Gasteiger partial charge in [0, 0.05) is 12.5 Å². The molecular formula is C19H21NO3. The lowest BCUT2D eigenvalue weighted by Gasteiger charge is -2.25. The second-order valence-corrected chi connectivity index (χ2v) is 6.31. The van der Waals surface area contributed by atoms with Crippen molar-refractivity contribution >= 4 is 22.6 Å². The van der Waals surface area contributed by atoms with Crippen LogP contribution in [0.5, 0.6) is 0 Å². The fraction of sp³-hybridized carbons (Fsp3) is 0.368. The summed E-state index contributed by atoms with van der Waals surface area (Å²) in [6.07, 6.45) is 1.96. The Hall–Kier alpha value is -2.36. The van der Waals surface area contributed by atoms with Crippen molar-refractivity contribution in [1.82, 2.24) is 4.90 Å². The summed E-state index contributed by atoms with van der Waals surface area (Å²) in [4.78, 5) is 25.4. The molecule has 0 aliphatic carbocycles. The van der Waals surface area contributed by atoms with Crippen LogP contribution in [0, 0.1) is 5.92 Å². The number of fused-ring (bicyclic) bond motifs is 1. The van der Waals surface area contributed by atoms with Crippen LogP contribution < -0.4 is 0 Å². The minimum absolute atomic E-state index is 0.0527. The van der Waals surface area contributed by atoms with E-state index in [9.17, 15) is 14.7 Å². The summed E-state index contributed by atoms with van der Waals surface area (Å²) in [6, 6.07) is 13.7. The average Bonchev–Trinajstić information content (AvgIpc) is 3.03. The Balaban J connectivity index is 1.73. The Morgan fingerprint density at radius 1 is 1.22 bits per heavy atom. The number of carboxylic acids is 1. The van der Waals surface area contributed by atoms with Crippen LogP contribution in [0.1, 0.15) is 25.3 Å². The van der Waals surface area contributed by atoms with E-state index in [2.05, 4.69) is 24.3 Å². The highest BCUT2D eigenvalue weighted by molar-refractivity contribution is 5.86. The number of rotatable bonds is 4. The van der Waals surface area contributed by atoms with Crippen LogP contribution >= 0.6 is 0 Å². The van der Waals surface area contributed by atoms with Crippen molar-refractivity contribution in [1.29, 1.82) is 0 Å². The number of carboxylic acid groups (broad SMARTS) is 1. The predicted molar refractivity (Wildman–Crippen MR) is 89.2 cm³/mol. The summed E-state index contributed by atoms with van der Waals surface area (Å²) < 4.78 is 0. The van der Waals surface area contributed by atoms with E-state index in [1.165, 1.54) is 10.3 Å². The first kappa shape index (κ1) is 15.5. The number of carbonyl (C=O) groups excluding carboxylic acids is 1. The van der Waals surface area contributed by atoms with Gasteiger partial charge in [0.25, 0.3) is 0 Å². The summed E-state index contributed by atoms with van der Waals surface area (Å²) in [5.41, 5.74) is 1.11. The van der Waals surface area contributed by atoms with Gasteiger partial charge in [0.15, 0.2) is 0 Å². The predicted octanol–water partition coefficient (Wildman–Crippen LogP) is 3.09. The van der Waals surface area contributed by atoms with E-state index in [0.29, 0.717) is 19.4 Å². The maximum absolute atomic E-state index is 12.6. The quantitative estimate of drug-likeness (QED) is 0.944. The molecule has 1 amide bonds. The van der Waals surface area contributed by atoms with Gasteiger partial charge >= 0.3 is 5.97 Å². The number of aliphatic carboxylic acids is 1. The molecule has 2 aromatic carbocycles. The van der Waals surface area contributed by atoms with Gasteiger partial charge < -0.3 is 10.0 Å². The second kappa shape index (κ2) is 6.41. The molecule has 0 saturated carbocycles. The molecule has 1 saturated heterocycles.